The van der Waals surface area contributed by atoms with Crippen LogP contribution in [-0.2, 0) is 11.2 Å². The highest BCUT2D eigenvalue weighted by atomic mass is 35.5. The van der Waals surface area contributed by atoms with Gasteiger partial charge in [-0.2, -0.15) is 0 Å². The number of fused-ring (bicyclic) bond motifs is 1. The van der Waals surface area contributed by atoms with Crippen LogP contribution in [0.2, 0.25) is 5.15 Å². The molecule has 0 radical (unpaired) electrons. The third kappa shape index (κ3) is 2.11. The maximum Gasteiger partial charge on any atom is 0.407 e. The molecule has 0 unspecified atom stereocenters. The molecule has 1 N–H and O–H groups in total. The van der Waals surface area contributed by atoms with Gasteiger partial charge in [0.15, 0.2) is 0 Å². The molecule has 5 heteroatoms. The number of hydrogen-bond donors (Lipinski definition) is 1. The van der Waals surface area contributed by atoms with Gasteiger partial charge < -0.3 is 10.1 Å². The fourth-order valence-electron chi connectivity index (χ4n) is 2.04. The number of amides is 1. The number of halogens is 1. The Bertz CT molecular complexity index is 409. The molecule has 1 atom stereocenters. The summed E-state index contributed by atoms with van der Waals surface area (Å²) in [4.78, 5) is 15.2. The van der Waals surface area contributed by atoms with Crippen molar-refractivity contribution in [3.05, 3.63) is 28.5 Å². The van der Waals surface area contributed by atoms with Gasteiger partial charge in [0.05, 0.1) is 13.2 Å². The lowest BCUT2D eigenvalue weighted by atomic mass is 9.89. The van der Waals surface area contributed by atoms with Crippen molar-refractivity contribution < 1.29 is 9.53 Å². The molecule has 16 heavy (non-hydrogen) atoms. The normalized spacial score (nSPS) is 18.8. The molecule has 0 bridgehead atoms. The van der Waals surface area contributed by atoms with Gasteiger partial charge in [-0.3, -0.25) is 0 Å². The standard InChI is InChI=1S/C11H13ClN2O2/c1-16-11(15)14-9-4-2-3-8-7(9)5-6-13-10(8)12/h5-6,9H,2-4H2,1H3,(H,14,15)/t9-/m1/s1. The molecule has 1 aromatic rings. The van der Waals surface area contributed by atoms with E-state index in [2.05, 4.69) is 15.0 Å². The first-order valence-electron chi connectivity index (χ1n) is 5.20. The van der Waals surface area contributed by atoms with Crippen LogP contribution in [0.25, 0.3) is 0 Å². The average Bonchev–Trinajstić information content (AvgIpc) is 2.30. The summed E-state index contributed by atoms with van der Waals surface area (Å²) < 4.78 is 4.60. The maximum absolute atomic E-state index is 11.2. The highest BCUT2D eigenvalue weighted by Crippen LogP contribution is 2.32. The van der Waals surface area contributed by atoms with Gasteiger partial charge >= 0.3 is 6.09 Å². The summed E-state index contributed by atoms with van der Waals surface area (Å²) in [7, 11) is 1.36. The maximum atomic E-state index is 11.2. The quantitative estimate of drug-likeness (QED) is 0.768. The number of ether oxygens (including phenoxy) is 1. The monoisotopic (exact) mass is 240 g/mol. The van der Waals surface area contributed by atoms with Crippen molar-refractivity contribution in [2.75, 3.05) is 7.11 Å². The van der Waals surface area contributed by atoms with E-state index in [-0.39, 0.29) is 6.04 Å². The van der Waals surface area contributed by atoms with E-state index in [1.807, 2.05) is 6.07 Å². The number of nitrogens with zero attached hydrogens (tertiary/aromatic N) is 1. The molecule has 0 aliphatic heterocycles. The van der Waals surface area contributed by atoms with Crippen LogP contribution in [0.5, 0.6) is 0 Å². The van der Waals surface area contributed by atoms with Crippen LogP contribution in [0.15, 0.2) is 12.3 Å². The van der Waals surface area contributed by atoms with Crippen molar-refractivity contribution >= 4 is 17.7 Å². The minimum absolute atomic E-state index is 0.0169. The molecule has 1 aliphatic carbocycles. The smallest absolute Gasteiger partial charge is 0.407 e. The lowest BCUT2D eigenvalue weighted by Gasteiger charge is -2.25. The number of hydrogen-bond acceptors (Lipinski definition) is 3. The zero-order chi connectivity index (χ0) is 11.5. The Morgan fingerprint density at radius 1 is 1.69 bits per heavy atom. The largest absolute Gasteiger partial charge is 0.453 e. The number of carbonyl (C=O) groups excluding carboxylic acids is 1. The van der Waals surface area contributed by atoms with Gasteiger partial charge in [-0.1, -0.05) is 11.6 Å². The van der Waals surface area contributed by atoms with Crippen LogP contribution < -0.4 is 5.32 Å². The summed E-state index contributed by atoms with van der Waals surface area (Å²) in [6.07, 6.45) is 4.07. The molecule has 2 rings (SSSR count). The second-order valence-corrected chi connectivity index (χ2v) is 4.11. The van der Waals surface area contributed by atoms with Gasteiger partial charge in [0, 0.05) is 6.20 Å². The Morgan fingerprint density at radius 2 is 2.50 bits per heavy atom. The van der Waals surface area contributed by atoms with Gasteiger partial charge in [0.2, 0.25) is 0 Å². The summed E-state index contributed by atoms with van der Waals surface area (Å²) in [6, 6.07) is 1.89. The SMILES string of the molecule is COC(=O)N[C@@H]1CCCc2c1ccnc2Cl. The lowest BCUT2D eigenvalue weighted by Crippen LogP contribution is -2.30. The first-order chi connectivity index (χ1) is 7.72. The second-order valence-electron chi connectivity index (χ2n) is 3.75. The summed E-state index contributed by atoms with van der Waals surface area (Å²) in [6.45, 7) is 0. The van der Waals surface area contributed by atoms with Crippen molar-refractivity contribution in [2.24, 2.45) is 0 Å². The summed E-state index contributed by atoms with van der Waals surface area (Å²) in [5.74, 6) is 0. The fraction of sp³-hybridized carbons (Fsp3) is 0.455. The molecular formula is C11H13ClN2O2. The minimum Gasteiger partial charge on any atom is -0.453 e. The van der Waals surface area contributed by atoms with E-state index >= 15 is 0 Å². The second kappa shape index (κ2) is 4.70. The number of carbonyl (C=O) groups is 1. The van der Waals surface area contributed by atoms with E-state index in [4.69, 9.17) is 11.6 Å². The van der Waals surface area contributed by atoms with Crippen molar-refractivity contribution in [1.29, 1.82) is 0 Å². The van der Waals surface area contributed by atoms with Crippen LogP contribution in [0.3, 0.4) is 0 Å². The summed E-state index contributed by atoms with van der Waals surface area (Å²) in [5.41, 5.74) is 2.09. The number of pyridine rings is 1. The first kappa shape index (κ1) is 11.2. The Balaban J connectivity index is 2.26. The minimum atomic E-state index is -0.411. The summed E-state index contributed by atoms with van der Waals surface area (Å²) >= 11 is 6.02. The number of alkyl carbamates (subject to hydrolysis) is 1. The lowest BCUT2D eigenvalue weighted by molar-refractivity contribution is 0.165. The number of rotatable bonds is 1. The van der Waals surface area contributed by atoms with Crippen molar-refractivity contribution in [3.63, 3.8) is 0 Å². The molecule has 4 nitrogen and oxygen atoms in total. The van der Waals surface area contributed by atoms with Gasteiger partial charge in [-0.25, -0.2) is 9.78 Å². The van der Waals surface area contributed by atoms with Gasteiger partial charge in [-0.05, 0) is 36.5 Å². The van der Waals surface area contributed by atoms with Crippen molar-refractivity contribution in [3.8, 4) is 0 Å². The fourth-order valence-corrected chi connectivity index (χ4v) is 2.30. The number of nitrogens with one attached hydrogen (secondary N) is 1. The van der Waals surface area contributed by atoms with E-state index in [1.165, 1.54) is 7.11 Å². The summed E-state index contributed by atoms with van der Waals surface area (Å²) in [5, 5.41) is 3.34. The molecule has 0 spiro atoms. The van der Waals surface area contributed by atoms with Crippen molar-refractivity contribution in [2.45, 2.75) is 25.3 Å². The highest BCUT2D eigenvalue weighted by Gasteiger charge is 2.23. The highest BCUT2D eigenvalue weighted by molar-refractivity contribution is 6.30. The van der Waals surface area contributed by atoms with E-state index in [1.54, 1.807) is 6.20 Å². The third-order valence-corrected chi connectivity index (χ3v) is 3.14. The molecule has 1 heterocycles. The van der Waals surface area contributed by atoms with Crippen molar-refractivity contribution in [1.82, 2.24) is 10.3 Å². The molecular weight excluding hydrogens is 228 g/mol. The molecule has 1 aliphatic rings. The predicted molar refractivity (Wildman–Crippen MR) is 60.5 cm³/mol. The molecule has 0 aromatic carbocycles. The zero-order valence-corrected chi connectivity index (χ0v) is 9.75. The van der Waals surface area contributed by atoms with Crippen LogP contribution in [0, 0.1) is 0 Å². The molecule has 0 saturated carbocycles. The molecule has 0 fully saturated rings. The molecule has 1 aromatic heterocycles. The molecule has 86 valence electrons. The average molecular weight is 241 g/mol. The topological polar surface area (TPSA) is 51.2 Å². The Morgan fingerprint density at radius 3 is 3.25 bits per heavy atom. The van der Waals surface area contributed by atoms with Crippen LogP contribution in [0.1, 0.15) is 30.0 Å². The first-order valence-corrected chi connectivity index (χ1v) is 5.58. The third-order valence-electron chi connectivity index (χ3n) is 2.81. The van der Waals surface area contributed by atoms with E-state index < -0.39 is 6.09 Å². The van der Waals surface area contributed by atoms with E-state index in [0.717, 1.165) is 30.4 Å². The molecule has 1 amide bonds. The Labute approximate surface area is 99.0 Å². The van der Waals surface area contributed by atoms with Crippen LogP contribution in [0.4, 0.5) is 4.79 Å². The van der Waals surface area contributed by atoms with E-state index in [9.17, 15) is 4.79 Å². The number of aromatic nitrogens is 1. The van der Waals surface area contributed by atoms with Crippen LogP contribution in [-0.4, -0.2) is 18.2 Å². The Kier molecular flexibility index (Phi) is 3.29. The zero-order valence-electron chi connectivity index (χ0n) is 9.00. The van der Waals surface area contributed by atoms with Gasteiger partial charge in [0.1, 0.15) is 5.15 Å². The van der Waals surface area contributed by atoms with E-state index in [0.29, 0.717) is 5.15 Å². The van der Waals surface area contributed by atoms with Crippen LogP contribution >= 0.6 is 11.6 Å². The molecule has 0 saturated heterocycles. The predicted octanol–water partition coefficient (Wildman–Crippen LogP) is 2.47. The Hall–Kier alpha value is -1.29. The number of methoxy groups -OCH3 is 1. The van der Waals surface area contributed by atoms with Gasteiger partial charge in [-0.15, -0.1) is 0 Å². The van der Waals surface area contributed by atoms with Gasteiger partial charge in [0.25, 0.3) is 0 Å².